The molecule has 3 rings (SSSR count). The van der Waals surface area contributed by atoms with Gasteiger partial charge in [0.15, 0.2) is 0 Å². The van der Waals surface area contributed by atoms with Crippen LogP contribution in [0.2, 0.25) is 0 Å². The van der Waals surface area contributed by atoms with E-state index in [9.17, 15) is 26.4 Å². The van der Waals surface area contributed by atoms with Crippen LogP contribution in [0.3, 0.4) is 0 Å². The Labute approximate surface area is 185 Å². The lowest BCUT2D eigenvalue weighted by molar-refractivity contribution is -0.139. The number of alkyl halides is 3. The summed E-state index contributed by atoms with van der Waals surface area (Å²) >= 11 is 0. The van der Waals surface area contributed by atoms with Gasteiger partial charge in [0, 0.05) is 19.2 Å². The van der Waals surface area contributed by atoms with Crippen LogP contribution in [0.1, 0.15) is 42.9 Å². The first-order chi connectivity index (χ1) is 15.0. The summed E-state index contributed by atoms with van der Waals surface area (Å²) in [4.78, 5) is 18.8. The zero-order valence-electron chi connectivity index (χ0n) is 17.7. The first-order valence-corrected chi connectivity index (χ1v) is 11.6. The second-order valence-corrected chi connectivity index (χ2v) is 9.24. The van der Waals surface area contributed by atoms with E-state index < -0.39 is 33.7 Å². The molecule has 0 spiro atoms. The highest BCUT2D eigenvalue weighted by molar-refractivity contribution is 7.90. The van der Waals surface area contributed by atoms with E-state index in [0.717, 1.165) is 12.5 Å². The number of hydrogen-bond donors (Lipinski definition) is 1. The number of sulfonamides is 1. The SMILES string of the molecule is CCCCC(N=C1NS(=O)(=O)c2ccccc21)C(=O)N(C)Cc1ccccc1C(F)(F)F. The minimum atomic E-state index is -4.53. The van der Waals surface area contributed by atoms with E-state index >= 15 is 0 Å². The molecule has 2 aromatic carbocycles. The molecule has 0 bridgehead atoms. The predicted molar refractivity (Wildman–Crippen MR) is 115 cm³/mol. The molecule has 0 radical (unpaired) electrons. The highest BCUT2D eigenvalue weighted by atomic mass is 32.2. The van der Waals surface area contributed by atoms with Crippen LogP contribution in [0, 0.1) is 0 Å². The zero-order chi connectivity index (χ0) is 23.5. The number of aliphatic imine (C=N–C) groups is 1. The van der Waals surface area contributed by atoms with Crippen LogP contribution in [0.15, 0.2) is 58.4 Å². The quantitative estimate of drug-likeness (QED) is 0.670. The molecule has 1 aliphatic rings. The fourth-order valence-corrected chi connectivity index (χ4v) is 4.79. The highest BCUT2D eigenvalue weighted by Crippen LogP contribution is 2.32. The summed E-state index contributed by atoms with van der Waals surface area (Å²) in [6.07, 6.45) is -2.77. The van der Waals surface area contributed by atoms with Gasteiger partial charge >= 0.3 is 6.18 Å². The molecule has 0 saturated carbocycles. The van der Waals surface area contributed by atoms with Gasteiger partial charge in [-0.05, 0) is 30.2 Å². The summed E-state index contributed by atoms with van der Waals surface area (Å²) in [7, 11) is -2.35. The summed E-state index contributed by atoms with van der Waals surface area (Å²) in [5, 5.41) is 0. The van der Waals surface area contributed by atoms with Crippen molar-refractivity contribution in [2.24, 2.45) is 4.99 Å². The summed E-state index contributed by atoms with van der Waals surface area (Å²) in [6.45, 7) is 1.69. The Morgan fingerprint density at radius 2 is 1.78 bits per heavy atom. The number of nitrogens with zero attached hydrogens (tertiary/aromatic N) is 2. The Hall–Kier alpha value is -2.88. The molecule has 1 unspecified atom stereocenters. The number of hydrogen-bond acceptors (Lipinski definition) is 4. The number of likely N-dealkylation sites (N-methyl/N-ethyl adjacent to an activating group) is 1. The first-order valence-electron chi connectivity index (χ1n) is 10.1. The Kier molecular flexibility index (Phi) is 6.92. The maximum absolute atomic E-state index is 13.3. The second-order valence-electron chi connectivity index (χ2n) is 7.59. The Morgan fingerprint density at radius 1 is 1.12 bits per heavy atom. The number of benzene rings is 2. The number of amides is 1. The molecule has 1 atom stereocenters. The van der Waals surface area contributed by atoms with Gasteiger partial charge in [0.05, 0.1) is 10.5 Å². The zero-order valence-corrected chi connectivity index (χ0v) is 18.5. The average Bonchev–Trinajstić information content (AvgIpc) is 3.00. The maximum Gasteiger partial charge on any atom is 0.416 e. The molecule has 1 amide bonds. The van der Waals surface area contributed by atoms with Crippen molar-refractivity contribution in [1.82, 2.24) is 9.62 Å². The topological polar surface area (TPSA) is 78.8 Å². The summed E-state index contributed by atoms with van der Waals surface area (Å²) in [5.41, 5.74) is -0.454. The van der Waals surface area contributed by atoms with Gasteiger partial charge in [-0.15, -0.1) is 0 Å². The lowest BCUT2D eigenvalue weighted by Gasteiger charge is -2.23. The molecule has 1 aliphatic heterocycles. The van der Waals surface area contributed by atoms with Crippen molar-refractivity contribution >= 4 is 21.8 Å². The van der Waals surface area contributed by atoms with Gasteiger partial charge in [-0.2, -0.15) is 13.2 Å². The van der Waals surface area contributed by atoms with Crippen LogP contribution in [0.4, 0.5) is 13.2 Å². The Balaban J connectivity index is 1.89. The Morgan fingerprint density at radius 3 is 2.47 bits per heavy atom. The number of amidine groups is 1. The van der Waals surface area contributed by atoms with Gasteiger partial charge < -0.3 is 4.90 Å². The molecule has 1 heterocycles. The van der Waals surface area contributed by atoms with Gasteiger partial charge in [-0.1, -0.05) is 50.1 Å². The molecule has 10 heteroatoms. The molecular formula is C22H24F3N3O3S. The summed E-state index contributed by atoms with van der Waals surface area (Å²) < 4.78 is 67.0. The van der Waals surface area contributed by atoms with Gasteiger partial charge in [0.1, 0.15) is 11.9 Å². The van der Waals surface area contributed by atoms with E-state index in [1.807, 2.05) is 6.92 Å². The monoisotopic (exact) mass is 467 g/mol. The molecule has 6 nitrogen and oxygen atoms in total. The first kappa shape index (κ1) is 23.8. The largest absolute Gasteiger partial charge is 0.416 e. The van der Waals surface area contributed by atoms with E-state index in [1.165, 1.54) is 36.2 Å². The van der Waals surface area contributed by atoms with Crippen LogP contribution in [0.25, 0.3) is 0 Å². The minimum absolute atomic E-state index is 0.0235. The second kappa shape index (κ2) is 9.32. The molecule has 0 fully saturated rings. The summed E-state index contributed by atoms with van der Waals surface area (Å²) in [5.74, 6) is -0.411. The van der Waals surface area contributed by atoms with E-state index in [4.69, 9.17) is 0 Å². The molecule has 0 saturated heterocycles. The van der Waals surface area contributed by atoms with Crippen molar-refractivity contribution in [2.45, 2.75) is 49.8 Å². The number of unbranched alkanes of at least 4 members (excludes halogenated alkanes) is 1. The molecule has 2 aromatic rings. The minimum Gasteiger partial charge on any atom is -0.340 e. The number of rotatable bonds is 7. The van der Waals surface area contributed by atoms with Crippen molar-refractivity contribution in [2.75, 3.05) is 7.05 Å². The van der Waals surface area contributed by atoms with Crippen molar-refractivity contribution in [3.8, 4) is 0 Å². The van der Waals surface area contributed by atoms with Gasteiger partial charge in [-0.3, -0.25) is 14.5 Å². The molecular weight excluding hydrogens is 443 g/mol. The number of carbonyl (C=O) groups is 1. The molecule has 172 valence electrons. The Bertz CT molecular complexity index is 1130. The fraction of sp³-hybridized carbons (Fsp3) is 0.364. The number of fused-ring (bicyclic) bond motifs is 1. The third-order valence-electron chi connectivity index (χ3n) is 5.17. The van der Waals surface area contributed by atoms with E-state index in [1.54, 1.807) is 18.2 Å². The van der Waals surface area contributed by atoms with Crippen LogP contribution < -0.4 is 4.72 Å². The molecule has 1 N–H and O–H groups in total. The molecule has 32 heavy (non-hydrogen) atoms. The standard InChI is InChI=1S/C22H24F3N3O3S/c1-3-4-12-18(26-20-16-10-6-8-13-19(16)32(30,31)27-20)21(29)28(2)14-15-9-5-7-11-17(15)22(23,24)25/h5-11,13,18H,3-4,12,14H2,1-2H3,(H,26,27). The average molecular weight is 468 g/mol. The fourth-order valence-electron chi connectivity index (χ4n) is 3.55. The van der Waals surface area contributed by atoms with Crippen LogP contribution in [-0.4, -0.2) is 38.2 Å². The third kappa shape index (κ3) is 5.12. The van der Waals surface area contributed by atoms with Crippen molar-refractivity contribution < 1.29 is 26.4 Å². The smallest absolute Gasteiger partial charge is 0.340 e. The summed E-state index contributed by atoms with van der Waals surface area (Å²) in [6, 6.07) is 10.5. The predicted octanol–water partition coefficient (Wildman–Crippen LogP) is 3.96. The third-order valence-corrected chi connectivity index (χ3v) is 6.57. The lowest BCUT2D eigenvalue weighted by Crippen LogP contribution is -2.37. The highest BCUT2D eigenvalue weighted by Gasteiger charge is 2.35. The normalized spacial score (nSPS) is 17.0. The van der Waals surface area contributed by atoms with Gasteiger partial charge in [0.25, 0.3) is 10.0 Å². The van der Waals surface area contributed by atoms with Gasteiger partial charge in [-0.25, -0.2) is 8.42 Å². The number of halogens is 3. The van der Waals surface area contributed by atoms with Gasteiger partial charge in [0.2, 0.25) is 5.91 Å². The van der Waals surface area contributed by atoms with Crippen molar-refractivity contribution in [3.63, 3.8) is 0 Å². The van der Waals surface area contributed by atoms with Crippen LogP contribution >= 0.6 is 0 Å². The van der Waals surface area contributed by atoms with Crippen molar-refractivity contribution in [3.05, 3.63) is 65.2 Å². The van der Waals surface area contributed by atoms with Crippen molar-refractivity contribution in [1.29, 1.82) is 0 Å². The number of nitrogens with one attached hydrogen (secondary N) is 1. The maximum atomic E-state index is 13.3. The van der Waals surface area contributed by atoms with E-state index in [0.29, 0.717) is 18.4 Å². The molecule has 0 aromatic heterocycles. The van der Waals surface area contributed by atoms with E-state index in [2.05, 4.69) is 9.71 Å². The van der Waals surface area contributed by atoms with Crippen LogP contribution in [0.5, 0.6) is 0 Å². The lowest BCUT2D eigenvalue weighted by atomic mass is 10.1. The molecule has 0 aliphatic carbocycles. The van der Waals surface area contributed by atoms with Crippen LogP contribution in [-0.2, 0) is 27.5 Å². The number of carbonyl (C=O) groups excluding carboxylic acids is 1. The van der Waals surface area contributed by atoms with E-state index in [-0.39, 0.29) is 22.8 Å².